The van der Waals surface area contributed by atoms with Crippen LogP contribution in [0.1, 0.15) is 24.1 Å². The van der Waals surface area contributed by atoms with Crippen molar-refractivity contribution in [3.8, 4) is 0 Å². The van der Waals surface area contributed by atoms with E-state index < -0.39 is 17.9 Å². The number of halogens is 1. The normalized spacial score (nSPS) is 11.3. The summed E-state index contributed by atoms with van der Waals surface area (Å²) >= 11 is 3.40. The largest absolute Gasteiger partial charge is 0.465 e. The number of hydrogen-bond donors (Lipinski definition) is 1. The molecule has 6 nitrogen and oxygen atoms in total. The van der Waals surface area contributed by atoms with Gasteiger partial charge in [0.25, 0.3) is 0 Å². The topological polar surface area (TPSA) is 75.7 Å². The number of ether oxygens (including phenoxy) is 1. The molecule has 0 bridgehead atoms. The number of benzene rings is 2. The summed E-state index contributed by atoms with van der Waals surface area (Å²) in [5.74, 6) is -1.36. The van der Waals surface area contributed by atoms with E-state index in [0.29, 0.717) is 18.5 Å². The maximum absolute atomic E-state index is 13.0. The molecule has 1 N–H and O–H groups in total. The fourth-order valence-electron chi connectivity index (χ4n) is 2.96. The van der Waals surface area contributed by atoms with Crippen molar-refractivity contribution in [1.82, 2.24) is 10.2 Å². The van der Waals surface area contributed by atoms with Crippen molar-refractivity contribution >= 4 is 33.7 Å². The minimum atomic E-state index is -0.901. The molecule has 0 saturated heterocycles. The first-order chi connectivity index (χ1) is 14.5. The number of hydrogen-bond acceptors (Lipinski definition) is 4. The van der Waals surface area contributed by atoms with Crippen LogP contribution in [0.15, 0.2) is 71.7 Å². The second kappa shape index (κ2) is 11.9. The summed E-state index contributed by atoms with van der Waals surface area (Å²) < 4.78 is 5.83. The Morgan fingerprint density at radius 2 is 1.80 bits per heavy atom. The molecule has 0 fully saturated rings. The lowest BCUT2D eigenvalue weighted by molar-refractivity contribution is -0.144. The van der Waals surface area contributed by atoms with Gasteiger partial charge in [0.05, 0.1) is 6.61 Å². The van der Waals surface area contributed by atoms with E-state index >= 15 is 0 Å². The van der Waals surface area contributed by atoms with E-state index in [0.717, 1.165) is 10.0 Å². The number of carbonyl (C=O) groups is 3. The number of carbonyl (C=O) groups excluding carboxylic acids is 3. The van der Waals surface area contributed by atoms with Gasteiger partial charge in [0.1, 0.15) is 12.6 Å². The van der Waals surface area contributed by atoms with Crippen molar-refractivity contribution in [2.75, 3.05) is 19.7 Å². The highest BCUT2D eigenvalue weighted by Crippen LogP contribution is 2.22. The van der Waals surface area contributed by atoms with Crippen molar-refractivity contribution in [2.24, 2.45) is 0 Å². The van der Waals surface area contributed by atoms with Crippen LogP contribution in [-0.4, -0.2) is 42.4 Å². The zero-order valence-corrected chi connectivity index (χ0v) is 18.4. The SMILES string of the molecule is C=CC(=O)N(CCc1ccc(Br)cc1)[C@H](C(=O)NCC(=O)OCC)c1ccccc1. The van der Waals surface area contributed by atoms with E-state index in [-0.39, 0.29) is 19.1 Å². The van der Waals surface area contributed by atoms with Crippen molar-refractivity contribution in [3.63, 3.8) is 0 Å². The van der Waals surface area contributed by atoms with Crippen LogP contribution < -0.4 is 5.32 Å². The third kappa shape index (κ3) is 6.84. The van der Waals surface area contributed by atoms with Gasteiger partial charge in [-0.1, -0.05) is 65.0 Å². The van der Waals surface area contributed by atoms with Crippen molar-refractivity contribution in [2.45, 2.75) is 19.4 Å². The Labute approximate surface area is 185 Å². The van der Waals surface area contributed by atoms with E-state index in [2.05, 4.69) is 27.8 Å². The molecule has 158 valence electrons. The highest BCUT2D eigenvalue weighted by atomic mass is 79.9. The molecule has 7 heteroatoms. The summed E-state index contributed by atoms with van der Waals surface area (Å²) in [7, 11) is 0. The van der Waals surface area contributed by atoms with Crippen molar-refractivity contribution in [3.05, 3.63) is 82.9 Å². The number of nitrogens with zero attached hydrogens (tertiary/aromatic N) is 1. The minimum absolute atomic E-state index is 0.227. The van der Waals surface area contributed by atoms with Crippen molar-refractivity contribution < 1.29 is 19.1 Å². The number of esters is 1. The lowest BCUT2D eigenvalue weighted by Crippen LogP contribution is -2.45. The summed E-state index contributed by atoms with van der Waals surface area (Å²) in [5.41, 5.74) is 1.67. The molecule has 30 heavy (non-hydrogen) atoms. The summed E-state index contributed by atoms with van der Waals surface area (Å²) in [6, 6.07) is 15.8. The fraction of sp³-hybridized carbons (Fsp3) is 0.261. The van der Waals surface area contributed by atoms with Crippen LogP contribution in [0.5, 0.6) is 0 Å². The predicted molar refractivity (Wildman–Crippen MR) is 119 cm³/mol. The molecule has 2 aromatic rings. The molecule has 0 radical (unpaired) electrons. The predicted octanol–water partition coefficient (Wildman–Crippen LogP) is 3.43. The van der Waals surface area contributed by atoms with E-state index in [9.17, 15) is 14.4 Å². The Hall–Kier alpha value is -2.93. The van der Waals surface area contributed by atoms with Crippen LogP contribution in [0.3, 0.4) is 0 Å². The molecule has 0 aliphatic rings. The van der Waals surface area contributed by atoms with Crippen LogP contribution in [-0.2, 0) is 25.5 Å². The van der Waals surface area contributed by atoms with E-state index in [4.69, 9.17) is 4.74 Å². The molecule has 0 aliphatic heterocycles. The maximum Gasteiger partial charge on any atom is 0.325 e. The Morgan fingerprint density at radius 1 is 1.13 bits per heavy atom. The van der Waals surface area contributed by atoms with Crippen LogP contribution in [0.25, 0.3) is 0 Å². The van der Waals surface area contributed by atoms with Gasteiger partial charge in [-0.25, -0.2) is 0 Å². The summed E-state index contributed by atoms with van der Waals surface area (Å²) in [4.78, 5) is 38.8. The molecular formula is C23H25BrN2O4. The number of rotatable bonds is 10. The highest BCUT2D eigenvalue weighted by Gasteiger charge is 2.30. The summed E-state index contributed by atoms with van der Waals surface area (Å²) in [5, 5.41) is 2.58. The Morgan fingerprint density at radius 3 is 2.40 bits per heavy atom. The van der Waals surface area contributed by atoms with Gasteiger partial charge < -0.3 is 15.0 Å². The maximum atomic E-state index is 13.0. The van der Waals surface area contributed by atoms with Gasteiger partial charge in [-0.3, -0.25) is 14.4 Å². The van der Waals surface area contributed by atoms with E-state index in [1.165, 1.54) is 11.0 Å². The second-order valence-corrected chi connectivity index (χ2v) is 7.36. The molecular weight excluding hydrogens is 448 g/mol. The van der Waals surface area contributed by atoms with Crippen LogP contribution in [0.2, 0.25) is 0 Å². The van der Waals surface area contributed by atoms with Gasteiger partial charge in [-0.05, 0) is 42.7 Å². The van der Waals surface area contributed by atoms with Crippen LogP contribution >= 0.6 is 15.9 Å². The molecule has 0 aromatic heterocycles. The van der Waals surface area contributed by atoms with E-state index in [1.54, 1.807) is 31.2 Å². The minimum Gasteiger partial charge on any atom is -0.465 e. The zero-order chi connectivity index (χ0) is 21.9. The fourth-order valence-corrected chi connectivity index (χ4v) is 3.22. The van der Waals surface area contributed by atoms with Crippen LogP contribution in [0, 0.1) is 0 Å². The average molecular weight is 473 g/mol. The molecule has 0 aliphatic carbocycles. The first-order valence-corrected chi connectivity index (χ1v) is 10.4. The molecule has 0 heterocycles. The number of nitrogens with one attached hydrogen (secondary N) is 1. The Balaban J connectivity index is 2.26. The Kier molecular flexibility index (Phi) is 9.28. The monoisotopic (exact) mass is 472 g/mol. The molecule has 2 amide bonds. The molecule has 2 aromatic carbocycles. The zero-order valence-electron chi connectivity index (χ0n) is 16.8. The Bertz CT molecular complexity index is 869. The standard InChI is InChI=1S/C23H25BrN2O4/c1-3-20(27)26(15-14-17-10-12-19(24)13-11-17)22(18-8-6-5-7-9-18)23(29)25-16-21(28)30-4-2/h3,5-13,22H,1,4,14-16H2,2H3,(H,25,29)/t22-/m0/s1. The van der Waals surface area contributed by atoms with Gasteiger partial charge in [-0.15, -0.1) is 0 Å². The lowest BCUT2D eigenvalue weighted by atomic mass is 10.0. The van der Waals surface area contributed by atoms with E-state index in [1.807, 2.05) is 30.3 Å². The molecule has 0 saturated carbocycles. The smallest absolute Gasteiger partial charge is 0.325 e. The summed E-state index contributed by atoms with van der Waals surface area (Å²) in [6.07, 6.45) is 1.75. The van der Waals surface area contributed by atoms with Gasteiger partial charge in [0, 0.05) is 11.0 Å². The molecule has 1 atom stereocenters. The lowest BCUT2D eigenvalue weighted by Gasteiger charge is -2.30. The summed E-state index contributed by atoms with van der Waals surface area (Å²) in [6.45, 7) is 5.54. The van der Waals surface area contributed by atoms with Gasteiger partial charge >= 0.3 is 5.97 Å². The van der Waals surface area contributed by atoms with Crippen LogP contribution in [0.4, 0.5) is 0 Å². The molecule has 0 spiro atoms. The van der Waals surface area contributed by atoms with Crippen molar-refractivity contribution in [1.29, 1.82) is 0 Å². The third-order valence-electron chi connectivity index (χ3n) is 4.40. The quantitative estimate of drug-likeness (QED) is 0.424. The first-order valence-electron chi connectivity index (χ1n) is 9.62. The third-order valence-corrected chi connectivity index (χ3v) is 4.93. The second-order valence-electron chi connectivity index (χ2n) is 6.45. The first kappa shape index (κ1) is 23.3. The van der Waals surface area contributed by atoms with Gasteiger partial charge in [-0.2, -0.15) is 0 Å². The average Bonchev–Trinajstić information content (AvgIpc) is 2.76. The molecule has 0 unspecified atom stereocenters. The van der Waals surface area contributed by atoms with Gasteiger partial charge in [0.15, 0.2) is 0 Å². The highest BCUT2D eigenvalue weighted by molar-refractivity contribution is 9.10. The molecule has 2 rings (SSSR count). The van der Waals surface area contributed by atoms with Gasteiger partial charge in [0.2, 0.25) is 11.8 Å². The number of amides is 2.